The van der Waals surface area contributed by atoms with Gasteiger partial charge in [0.1, 0.15) is 46.2 Å². The molecule has 4 aromatic rings. The van der Waals surface area contributed by atoms with Crippen molar-refractivity contribution in [3.05, 3.63) is 58.4 Å². The quantitative estimate of drug-likeness (QED) is 0.384. The number of aryl methyl sites for hydroxylation is 2. The lowest BCUT2D eigenvalue weighted by molar-refractivity contribution is 0.276. The molecule has 0 aliphatic heterocycles. The maximum atomic E-state index is 9.00. The Morgan fingerprint density at radius 3 is 1.92 bits per heavy atom. The van der Waals surface area contributed by atoms with Gasteiger partial charge in [-0.1, -0.05) is 5.21 Å². The van der Waals surface area contributed by atoms with Crippen LogP contribution >= 0.6 is 0 Å². The van der Waals surface area contributed by atoms with Gasteiger partial charge in [0.2, 0.25) is 0 Å². The van der Waals surface area contributed by atoms with Gasteiger partial charge in [-0.15, -0.1) is 15.0 Å². The Kier molecular flexibility index (Phi) is 8.19. The van der Waals surface area contributed by atoms with Gasteiger partial charge in [-0.3, -0.25) is 0 Å². The minimum absolute atomic E-state index is 0.188. The topological polar surface area (TPSA) is 194 Å². The molecule has 0 radical (unpaired) electrons. The van der Waals surface area contributed by atoms with E-state index in [2.05, 4.69) is 30.5 Å². The van der Waals surface area contributed by atoms with Crippen molar-refractivity contribution in [1.82, 2.24) is 40.0 Å². The van der Waals surface area contributed by atoms with Gasteiger partial charge in [0, 0.05) is 12.1 Å². The molecule has 14 nitrogen and oxygen atoms in total. The van der Waals surface area contributed by atoms with Gasteiger partial charge in [-0.25, -0.2) is 14.6 Å². The van der Waals surface area contributed by atoms with Crippen LogP contribution in [0.2, 0.25) is 0 Å². The Bertz CT molecular complexity index is 1340. The molecule has 4 heterocycles. The molecule has 0 amide bonds. The van der Waals surface area contributed by atoms with Crippen molar-refractivity contribution in [1.29, 1.82) is 10.5 Å². The average molecular weight is 490 g/mol. The monoisotopic (exact) mass is 490 g/mol. The first kappa shape index (κ1) is 25.7. The fourth-order valence-corrected chi connectivity index (χ4v) is 3.03. The highest BCUT2D eigenvalue weighted by Crippen LogP contribution is 2.23. The van der Waals surface area contributed by atoms with Crippen LogP contribution in [0.3, 0.4) is 0 Å². The summed E-state index contributed by atoms with van der Waals surface area (Å²) in [7, 11) is 2.97. The molecular weight excluding hydrogens is 468 g/mol. The Morgan fingerprint density at radius 1 is 0.889 bits per heavy atom. The second-order valence-electron chi connectivity index (χ2n) is 7.11. The molecule has 4 rings (SSSR count). The Hall–Kier alpha value is -4.92. The zero-order chi connectivity index (χ0) is 26.2. The number of rotatable bonds is 6. The summed E-state index contributed by atoms with van der Waals surface area (Å²) in [6, 6.07) is 7.24. The molecule has 0 aromatic carbocycles. The van der Waals surface area contributed by atoms with Gasteiger partial charge in [-0.2, -0.15) is 15.6 Å². The molecule has 184 valence electrons. The third-order valence-corrected chi connectivity index (χ3v) is 4.81. The molecule has 0 bridgehead atoms. The normalized spacial score (nSPS) is 10.1. The van der Waals surface area contributed by atoms with Gasteiger partial charge in [0.25, 0.3) is 0 Å². The van der Waals surface area contributed by atoms with Crippen LogP contribution in [0, 0.1) is 36.5 Å². The molecule has 0 fully saturated rings. The van der Waals surface area contributed by atoms with E-state index in [1.807, 2.05) is 12.1 Å². The summed E-state index contributed by atoms with van der Waals surface area (Å²) in [5, 5.41) is 51.4. The molecule has 36 heavy (non-hydrogen) atoms. The van der Waals surface area contributed by atoms with Crippen LogP contribution in [0.1, 0.15) is 33.9 Å². The number of hydrogen-bond acceptors (Lipinski definition) is 12. The number of nitriles is 2. The lowest BCUT2D eigenvalue weighted by Crippen LogP contribution is -2.05. The molecule has 4 aromatic heterocycles. The van der Waals surface area contributed by atoms with E-state index in [4.69, 9.17) is 30.2 Å². The lowest BCUT2D eigenvalue weighted by Gasteiger charge is -2.07. The molecule has 0 aliphatic rings. The minimum Gasteiger partial charge on any atom is -0.495 e. The van der Waals surface area contributed by atoms with E-state index in [0.717, 1.165) is 0 Å². The first-order valence-corrected chi connectivity index (χ1v) is 10.3. The maximum absolute atomic E-state index is 9.00. The van der Waals surface area contributed by atoms with Crippen molar-refractivity contribution in [2.45, 2.75) is 27.1 Å². The van der Waals surface area contributed by atoms with Gasteiger partial charge in [0.15, 0.2) is 11.6 Å². The number of aliphatic hydroxyl groups excluding tert-OH is 2. The first-order chi connectivity index (χ1) is 17.4. The molecule has 0 atom stereocenters. The van der Waals surface area contributed by atoms with Crippen molar-refractivity contribution in [2.24, 2.45) is 0 Å². The number of aliphatic hydroxyl groups is 2. The number of hydrogen-bond donors (Lipinski definition) is 2. The van der Waals surface area contributed by atoms with Crippen LogP contribution in [0.4, 0.5) is 0 Å². The van der Waals surface area contributed by atoms with E-state index in [0.29, 0.717) is 57.0 Å². The van der Waals surface area contributed by atoms with E-state index in [-0.39, 0.29) is 13.2 Å². The second-order valence-corrected chi connectivity index (χ2v) is 7.11. The largest absolute Gasteiger partial charge is 0.495 e. The summed E-state index contributed by atoms with van der Waals surface area (Å²) in [6.07, 6.45) is 3.01. The fourth-order valence-electron chi connectivity index (χ4n) is 3.03. The third kappa shape index (κ3) is 5.41. The molecule has 0 saturated heterocycles. The maximum Gasteiger partial charge on any atom is 0.178 e. The van der Waals surface area contributed by atoms with E-state index < -0.39 is 0 Å². The van der Waals surface area contributed by atoms with Crippen molar-refractivity contribution in [3.8, 4) is 35.3 Å². The van der Waals surface area contributed by atoms with E-state index in [9.17, 15) is 0 Å². The van der Waals surface area contributed by atoms with Crippen LogP contribution in [0.5, 0.6) is 11.5 Å². The molecule has 0 spiro atoms. The summed E-state index contributed by atoms with van der Waals surface area (Å²) in [6.45, 7) is 3.05. The van der Waals surface area contributed by atoms with E-state index in [1.165, 1.54) is 29.9 Å². The number of aromatic nitrogens is 8. The number of nitrogens with zero attached hydrogens (tertiary/aromatic N) is 10. The predicted octanol–water partition coefficient (Wildman–Crippen LogP) is 0.687. The van der Waals surface area contributed by atoms with Crippen molar-refractivity contribution >= 4 is 0 Å². The zero-order valence-electron chi connectivity index (χ0n) is 19.9. The van der Waals surface area contributed by atoms with Crippen molar-refractivity contribution in [3.63, 3.8) is 0 Å². The minimum atomic E-state index is -0.188. The van der Waals surface area contributed by atoms with Gasteiger partial charge >= 0.3 is 0 Å². The van der Waals surface area contributed by atoms with Gasteiger partial charge in [0.05, 0.1) is 51.2 Å². The molecule has 2 N–H and O–H groups in total. The van der Waals surface area contributed by atoms with E-state index >= 15 is 0 Å². The highest BCUT2D eigenvalue weighted by Gasteiger charge is 2.13. The summed E-state index contributed by atoms with van der Waals surface area (Å²) >= 11 is 0. The lowest BCUT2D eigenvalue weighted by atomic mass is 10.2. The van der Waals surface area contributed by atoms with Crippen molar-refractivity contribution < 1.29 is 19.7 Å². The van der Waals surface area contributed by atoms with Gasteiger partial charge in [-0.05, 0) is 13.8 Å². The van der Waals surface area contributed by atoms with Crippen LogP contribution in [0.25, 0.3) is 11.6 Å². The molecule has 0 saturated carbocycles. The van der Waals surface area contributed by atoms with Crippen LogP contribution in [-0.2, 0) is 13.2 Å². The zero-order valence-corrected chi connectivity index (χ0v) is 19.9. The highest BCUT2D eigenvalue weighted by molar-refractivity contribution is 5.50. The summed E-state index contributed by atoms with van der Waals surface area (Å²) < 4.78 is 11.7. The van der Waals surface area contributed by atoms with Crippen LogP contribution in [-0.4, -0.2) is 64.4 Å². The molecule has 0 aliphatic carbocycles. The Morgan fingerprint density at radius 2 is 1.44 bits per heavy atom. The molecule has 0 unspecified atom stereocenters. The Balaban J connectivity index is 0.000000201. The predicted molar refractivity (Wildman–Crippen MR) is 122 cm³/mol. The molecular formula is C22H22N10O4. The number of pyridine rings is 2. The summed E-state index contributed by atoms with van der Waals surface area (Å²) in [5.74, 6) is 1.77. The highest BCUT2D eigenvalue weighted by atomic mass is 16.5. The van der Waals surface area contributed by atoms with Gasteiger partial charge < -0.3 is 19.7 Å². The average Bonchev–Trinajstić information content (AvgIpc) is 3.58. The Labute approximate surface area is 205 Å². The third-order valence-electron chi connectivity index (χ3n) is 4.81. The summed E-state index contributed by atoms with van der Waals surface area (Å²) in [4.78, 5) is 9.75. The standard InChI is InChI=1S/2C11H11N5O2/c1-7-9(4-12)10(18-2)3-11(13-7)16-5-8(6-17)14-15-16;1-7-9(4-12)10(18-2)3-11(14-7)16-13-5-8(6-17)15-16/h2*3,5,17H,6H2,1-2H3. The first-order valence-electron chi connectivity index (χ1n) is 10.3. The SMILES string of the molecule is COc1cc(-n2cc(CO)nn2)nc(C)c1C#N.COc1cc(-n2ncc(CO)n2)nc(C)c1C#N. The van der Waals surface area contributed by atoms with Crippen LogP contribution < -0.4 is 9.47 Å². The number of methoxy groups -OCH3 is 2. The fraction of sp³-hybridized carbons (Fsp3) is 0.273. The number of ether oxygens (including phenoxy) is 2. The summed E-state index contributed by atoms with van der Waals surface area (Å²) in [5.41, 5.74) is 2.75. The smallest absolute Gasteiger partial charge is 0.178 e. The second kappa shape index (κ2) is 11.5. The molecule has 14 heteroatoms. The van der Waals surface area contributed by atoms with Crippen LogP contribution in [0.15, 0.2) is 24.5 Å². The van der Waals surface area contributed by atoms with Crippen molar-refractivity contribution in [2.75, 3.05) is 14.2 Å². The van der Waals surface area contributed by atoms with E-state index in [1.54, 1.807) is 32.2 Å².